The summed E-state index contributed by atoms with van der Waals surface area (Å²) in [4.78, 5) is 3.69. The van der Waals surface area contributed by atoms with Gasteiger partial charge in [-0.2, -0.15) is 4.98 Å². The van der Waals surface area contributed by atoms with E-state index in [1.807, 2.05) is 4.72 Å². The minimum atomic E-state index is -2.66. The highest BCUT2D eigenvalue weighted by Crippen LogP contribution is 1.94. The van der Waals surface area contributed by atoms with Gasteiger partial charge in [-0.05, 0) is 6.92 Å². The second-order valence-electron chi connectivity index (χ2n) is 1.61. The SMILES string of the molecule is Cc1nc(N[SH](=O)=O)n[nH]1. The zero-order valence-electron chi connectivity index (χ0n) is 5.16. The van der Waals surface area contributed by atoms with Gasteiger partial charge in [0.15, 0.2) is 0 Å². The van der Waals surface area contributed by atoms with E-state index in [0.717, 1.165) is 0 Å². The highest BCUT2D eigenvalue weighted by atomic mass is 32.2. The Morgan fingerprint density at radius 3 is 2.70 bits per heavy atom. The molecule has 1 heterocycles. The zero-order chi connectivity index (χ0) is 7.56. The van der Waals surface area contributed by atoms with Crippen molar-refractivity contribution in [1.82, 2.24) is 15.2 Å². The largest absolute Gasteiger partial charge is 0.261 e. The summed E-state index contributed by atoms with van der Waals surface area (Å²) in [6.45, 7) is 1.68. The van der Waals surface area contributed by atoms with E-state index in [2.05, 4.69) is 15.2 Å². The molecular formula is C3H6N4O2S. The van der Waals surface area contributed by atoms with E-state index >= 15 is 0 Å². The van der Waals surface area contributed by atoms with Crippen molar-refractivity contribution in [2.24, 2.45) is 0 Å². The van der Waals surface area contributed by atoms with Crippen LogP contribution < -0.4 is 4.72 Å². The monoisotopic (exact) mass is 162 g/mol. The summed E-state index contributed by atoms with van der Waals surface area (Å²) >= 11 is 0. The normalized spacial score (nSPS) is 10.2. The molecule has 0 aliphatic heterocycles. The highest BCUT2D eigenvalue weighted by molar-refractivity contribution is 7.73. The summed E-state index contributed by atoms with van der Waals surface area (Å²) in [7, 11) is -2.66. The number of aryl methyl sites for hydroxylation is 1. The molecule has 6 nitrogen and oxygen atoms in total. The van der Waals surface area contributed by atoms with Crippen LogP contribution in [-0.2, 0) is 10.9 Å². The van der Waals surface area contributed by atoms with E-state index in [9.17, 15) is 8.42 Å². The van der Waals surface area contributed by atoms with Crippen LogP contribution in [0.1, 0.15) is 5.82 Å². The molecule has 0 aliphatic carbocycles. The molecule has 0 saturated carbocycles. The van der Waals surface area contributed by atoms with Crippen molar-refractivity contribution in [1.29, 1.82) is 0 Å². The molecule has 0 aromatic carbocycles. The van der Waals surface area contributed by atoms with Gasteiger partial charge in [0.1, 0.15) is 5.82 Å². The number of thiol groups is 1. The maximum absolute atomic E-state index is 10.0. The molecule has 0 spiro atoms. The fourth-order valence-electron chi connectivity index (χ4n) is 0.474. The van der Waals surface area contributed by atoms with Crippen LogP contribution in [0.25, 0.3) is 0 Å². The molecule has 0 aliphatic rings. The first-order valence-electron chi connectivity index (χ1n) is 2.48. The fraction of sp³-hybridized carbons (Fsp3) is 0.333. The first-order valence-corrected chi connectivity index (χ1v) is 3.66. The van der Waals surface area contributed by atoms with Gasteiger partial charge in [0, 0.05) is 0 Å². The summed E-state index contributed by atoms with van der Waals surface area (Å²) in [6.07, 6.45) is 0. The number of rotatable bonds is 2. The Morgan fingerprint density at radius 1 is 1.60 bits per heavy atom. The molecule has 2 N–H and O–H groups in total. The van der Waals surface area contributed by atoms with Gasteiger partial charge in [-0.15, -0.1) is 5.10 Å². The van der Waals surface area contributed by atoms with Crippen LogP contribution in [0.15, 0.2) is 0 Å². The third-order valence-corrected chi connectivity index (χ3v) is 1.17. The summed E-state index contributed by atoms with van der Waals surface area (Å²) < 4.78 is 22.0. The number of H-pyrrole nitrogens is 1. The molecule has 1 aromatic heterocycles. The fourth-order valence-corrected chi connectivity index (χ4v) is 0.738. The van der Waals surface area contributed by atoms with Crippen LogP contribution in [0, 0.1) is 6.92 Å². The molecule has 0 fully saturated rings. The average Bonchev–Trinajstić information content (AvgIpc) is 2.13. The van der Waals surface area contributed by atoms with Crippen LogP contribution in [0.4, 0.5) is 5.95 Å². The van der Waals surface area contributed by atoms with Gasteiger partial charge in [-0.3, -0.25) is 9.82 Å². The average molecular weight is 162 g/mol. The predicted molar refractivity (Wildman–Crippen MR) is 35.1 cm³/mol. The Bertz CT molecular complexity index is 282. The van der Waals surface area contributed by atoms with Crippen LogP contribution in [0.3, 0.4) is 0 Å². The molecule has 0 saturated heterocycles. The maximum Gasteiger partial charge on any atom is 0.255 e. The van der Waals surface area contributed by atoms with Gasteiger partial charge >= 0.3 is 0 Å². The topological polar surface area (TPSA) is 87.7 Å². The van der Waals surface area contributed by atoms with E-state index in [1.165, 1.54) is 0 Å². The summed E-state index contributed by atoms with van der Waals surface area (Å²) in [6, 6.07) is 0. The molecule has 56 valence electrons. The number of hydrogen-bond donors (Lipinski definition) is 3. The van der Waals surface area contributed by atoms with Crippen molar-refractivity contribution in [3.8, 4) is 0 Å². The molecule has 0 unspecified atom stereocenters. The van der Waals surface area contributed by atoms with Crippen molar-refractivity contribution in [3.63, 3.8) is 0 Å². The lowest BCUT2D eigenvalue weighted by Crippen LogP contribution is -1.96. The lowest BCUT2D eigenvalue weighted by Gasteiger charge is -1.83. The van der Waals surface area contributed by atoms with Gasteiger partial charge in [0.2, 0.25) is 10.9 Å². The number of hydrogen-bond acceptors (Lipinski definition) is 4. The smallest absolute Gasteiger partial charge is 0.255 e. The molecule has 1 aromatic rings. The van der Waals surface area contributed by atoms with Gasteiger partial charge in [-0.25, -0.2) is 8.42 Å². The second-order valence-corrected chi connectivity index (χ2v) is 2.35. The quantitative estimate of drug-likeness (QED) is 0.489. The van der Waals surface area contributed by atoms with Gasteiger partial charge < -0.3 is 0 Å². The van der Waals surface area contributed by atoms with Crippen LogP contribution in [-0.4, -0.2) is 23.6 Å². The molecule has 0 bridgehead atoms. The van der Waals surface area contributed by atoms with Gasteiger partial charge in [0.25, 0.3) is 5.95 Å². The minimum absolute atomic E-state index is 0.0774. The summed E-state index contributed by atoms with van der Waals surface area (Å²) in [5.74, 6) is 0.646. The van der Waals surface area contributed by atoms with Crippen molar-refractivity contribution >= 4 is 16.8 Å². The van der Waals surface area contributed by atoms with E-state index in [0.29, 0.717) is 5.82 Å². The number of nitrogens with one attached hydrogen (secondary N) is 2. The van der Waals surface area contributed by atoms with Gasteiger partial charge in [0.05, 0.1) is 0 Å². The third-order valence-electron chi connectivity index (χ3n) is 0.789. The van der Waals surface area contributed by atoms with E-state index in [-0.39, 0.29) is 5.95 Å². The van der Waals surface area contributed by atoms with Crippen LogP contribution in [0.2, 0.25) is 0 Å². The number of aromatic nitrogens is 3. The Kier molecular flexibility index (Phi) is 1.86. The van der Waals surface area contributed by atoms with E-state index in [4.69, 9.17) is 0 Å². The van der Waals surface area contributed by atoms with Crippen LogP contribution in [0.5, 0.6) is 0 Å². The minimum Gasteiger partial charge on any atom is -0.261 e. The number of aromatic amines is 1. The summed E-state index contributed by atoms with van der Waals surface area (Å²) in [5, 5.41) is 6.01. The van der Waals surface area contributed by atoms with E-state index < -0.39 is 10.9 Å². The Hall–Kier alpha value is -1.11. The second kappa shape index (κ2) is 2.65. The molecule has 7 heteroatoms. The first-order chi connectivity index (χ1) is 4.68. The van der Waals surface area contributed by atoms with Crippen molar-refractivity contribution < 1.29 is 8.42 Å². The zero-order valence-corrected chi connectivity index (χ0v) is 6.05. The van der Waals surface area contributed by atoms with Crippen LogP contribution >= 0.6 is 0 Å². The number of nitrogens with zero attached hydrogens (tertiary/aromatic N) is 2. The molecule has 0 amide bonds. The van der Waals surface area contributed by atoms with Crippen molar-refractivity contribution in [2.75, 3.05) is 4.72 Å². The Morgan fingerprint density at radius 2 is 2.30 bits per heavy atom. The Balaban J connectivity index is 2.76. The maximum atomic E-state index is 10.0. The lowest BCUT2D eigenvalue weighted by atomic mass is 10.8. The van der Waals surface area contributed by atoms with Crippen molar-refractivity contribution in [2.45, 2.75) is 6.92 Å². The molecule has 0 radical (unpaired) electrons. The number of anilines is 1. The van der Waals surface area contributed by atoms with E-state index in [1.54, 1.807) is 6.92 Å². The van der Waals surface area contributed by atoms with Crippen molar-refractivity contribution in [3.05, 3.63) is 5.82 Å². The molecule has 10 heavy (non-hydrogen) atoms. The lowest BCUT2D eigenvalue weighted by molar-refractivity contribution is 0.618. The highest BCUT2D eigenvalue weighted by Gasteiger charge is 1.96. The summed E-state index contributed by atoms with van der Waals surface area (Å²) in [5.41, 5.74) is 0. The predicted octanol–water partition coefficient (Wildman–Crippen LogP) is -0.949. The molecular weight excluding hydrogens is 156 g/mol. The third kappa shape index (κ3) is 1.69. The first kappa shape index (κ1) is 7.00. The van der Waals surface area contributed by atoms with Gasteiger partial charge in [-0.1, -0.05) is 0 Å². The standard InChI is InChI=1S/C3H6N4O2S/c1-2-4-3(6-5-2)7-10(8)9/h10H,1H3,(H2,4,5,6,7,8,9). The molecule has 0 atom stereocenters. The molecule has 1 rings (SSSR count). The Labute approximate surface area is 58.8 Å².